The minimum atomic E-state index is -0.601. The number of hydrogen-bond donors (Lipinski definition) is 2. The van der Waals surface area contributed by atoms with Crippen molar-refractivity contribution >= 4 is 22.8 Å². The molecule has 0 radical (unpaired) electrons. The zero-order valence-electron chi connectivity index (χ0n) is 16.6. The summed E-state index contributed by atoms with van der Waals surface area (Å²) in [5.41, 5.74) is 1.18. The molecule has 2 N–H and O–H groups in total. The van der Waals surface area contributed by atoms with E-state index >= 15 is 0 Å². The highest BCUT2D eigenvalue weighted by atomic mass is 16.5. The fraction of sp³-hybridized carbons (Fsp3) is 0.435. The SMILES string of the molecule is CCC/C=C/c1ccc(OCC(O)CN2CCNC(=O)CC2)c2ccccc12. The van der Waals surface area contributed by atoms with E-state index in [0.717, 1.165) is 35.9 Å². The molecule has 1 atom stereocenters. The van der Waals surface area contributed by atoms with Crippen LogP contribution in [0, 0.1) is 0 Å². The highest BCUT2D eigenvalue weighted by Gasteiger charge is 2.17. The zero-order valence-corrected chi connectivity index (χ0v) is 16.6. The van der Waals surface area contributed by atoms with Crippen molar-refractivity contribution in [1.82, 2.24) is 10.2 Å². The van der Waals surface area contributed by atoms with Crippen LogP contribution in [0.1, 0.15) is 31.7 Å². The molecule has 1 aliphatic heterocycles. The van der Waals surface area contributed by atoms with Gasteiger partial charge in [0.1, 0.15) is 18.5 Å². The van der Waals surface area contributed by atoms with E-state index in [4.69, 9.17) is 4.74 Å². The zero-order chi connectivity index (χ0) is 19.8. The van der Waals surface area contributed by atoms with E-state index in [2.05, 4.69) is 47.5 Å². The third kappa shape index (κ3) is 5.57. The van der Waals surface area contributed by atoms with Crippen molar-refractivity contribution in [3.05, 3.63) is 48.0 Å². The molecule has 1 aliphatic rings. The number of unbranched alkanes of at least 4 members (excludes halogenated alkanes) is 1. The molecule has 1 saturated heterocycles. The van der Waals surface area contributed by atoms with Gasteiger partial charge in [0.25, 0.3) is 0 Å². The lowest BCUT2D eigenvalue weighted by atomic mass is 10.0. The molecular formula is C23H30N2O3. The number of carbonyl (C=O) groups is 1. The van der Waals surface area contributed by atoms with Gasteiger partial charge in [-0.05, 0) is 23.4 Å². The van der Waals surface area contributed by atoms with Gasteiger partial charge in [-0.2, -0.15) is 0 Å². The first-order valence-corrected chi connectivity index (χ1v) is 10.2. The van der Waals surface area contributed by atoms with Crippen LogP contribution in [0.15, 0.2) is 42.5 Å². The van der Waals surface area contributed by atoms with Crippen molar-refractivity contribution in [3.8, 4) is 5.75 Å². The van der Waals surface area contributed by atoms with E-state index in [1.807, 2.05) is 18.2 Å². The smallest absolute Gasteiger partial charge is 0.221 e. The minimum absolute atomic E-state index is 0.0767. The molecule has 0 spiro atoms. The number of fused-ring (bicyclic) bond motifs is 1. The maximum absolute atomic E-state index is 11.4. The number of carbonyl (C=O) groups excluding carboxylic acids is 1. The summed E-state index contributed by atoms with van der Waals surface area (Å²) in [6, 6.07) is 12.3. The van der Waals surface area contributed by atoms with Crippen LogP contribution in [0.2, 0.25) is 0 Å². The van der Waals surface area contributed by atoms with Gasteiger partial charge in [0.05, 0.1) is 0 Å². The number of β-amino-alcohol motifs (C(OH)–C–C–N with tert-alkyl or cyclic N) is 1. The topological polar surface area (TPSA) is 61.8 Å². The van der Waals surface area contributed by atoms with Crippen molar-refractivity contribution in [2.75, 3.05) is 32.8 Å². The van der Waals surface area contributed by atoms with Gasteiger partial charge < -0.3 is 15.2 Å². The standard InChI is InChI=1S/C23H30N2O3/c1-2-3-4-7-18-10-11-22(21-9-6-5-8-20(18)21)28-17-19(26)16-25-14-12-23(27)24-13-15-25/h4-11,19,26H,2-3,12-17H2,1H3,(H,24,27)/b7-4+. The van der Waals surface area contributed by atoms with E-state index in [-0.39, 0.29) is 12.5 Å². The normalized spacial score (nSPS) is 16.9. The molecule has 0 bridgehead atoms. The molecule has 3 rings (SSSR count). The molecule has 5 nitrogen and oxygen atoms in total. The maximum atomic E-state index is 11.4. The molecule has 1 fully saturated rings. The molecular weight excluding hydrogens is 352 g/mol. The third-order valence-electron chi connectivity index (χ3n) is 4.98. The lowest BCUT2D eigenvalue weighted by Crippen LogP contribution is -2.37. The number of nitrogens with one attached hydrogen (secondary N) is 1. The molecule has 28 heavy (non-hydrogen) atoms. The fourth-order valence-corrected chi connectivity index (χ4v) is 3.48. The molecule has 1 amide bonds. The molecule has 0 aromatic heterocycles. The van der Waals surface area contributed by atoms with Crippen molar-refractivity contribution in [2.24, 2.45) is 0 Å². The van der Waals surface area contributed by atoms with Crippen LogP contribution >= 0.6 is 0 Å². The van der Waals surface area contributed by atoms with Crippen molar-refractivity contribution < 1.29 is 14.6 Å². The fourth-order valence-electron chi connectivity index (χ4n) is 3.48. The summed E-state index contributed by atoms with van der Waals surface area (Å²) in [5.74, 6) is 0.864. The Balaban J connectivity index is 1.64. The van der Waals surface area contributed by atoms with Crippen molar-refractivity contribution in [1.29, 1.82) is 0 Å². The summed E-state index contributed by atoms with van der Waals surface area (Å²) in [6.07, 6.45) is 6.44. The first kappa shape index (κ1) is 20.4. The summed E-state index contributed by atoms with van der Waals surface area (Å²) in [7, 11) is 0. The average molecular weight is 383 g/mol. The second-order valence-electron chi connectivity index (χ2n) is 7.25. The highest BCUT2D eigenvalue weighted by Crippen LogP contribution is 2.29. The Hall–Kier alpha value is -2.37. The number of nitrogens with zero attached hydrogens (tertiary/aromatic N) is 1. The van der Waals surface area contributed by atoms with Gasteiger partial charge in [-0.3, -0.25) is 9.69 Å². The van der Waals surface area contributed by atoms with Gasteiger partial charge in [-0.25, -0.2) is 0 Å². The first-order valence-electron chi connectivity index (χ1n) is 10.2. The Kier molecular flexibility index (Phi) is 7.46. The number of amides is 1. The Bertz CT molecular complexity index is 819. The number of ether oxygens (including phenoxy) is 1. The van der Waals surface area contributed by atoms with Gasteiger partial charge in [0, 0.05) is 38.0 Å². The number of rotatable bonds is 8. The summed E-state index contributed by atoms with van der Waals surface area (Å²) in [6.45, 7) is 4.96. The predicted octanol–water partition coefficient (Wildman–Crippen LogP) is 3.21. The summed E-state index contributed by atoms with van der Waals surface area (Å²) >= 11 is 0. The number of aliphatic hydroxyl groups is 1. The van der Waals surface area contributed by atoms with Gasteiger partial charge in [0.15, 0.2) is 0 Å². The highest BCUT2D eigenvalue weighted by molar-refractivity contribution is 5.94. The molecule has 1 unspecified atom stereocenters. The lowest BCUT2D eigenvalue weighted by Gasteiger charge is -2.23. The van der Waals surface area contributed by atoms with Crippen molar-refractivity contribution in [3.63, 3.8) is 0 Å². The van der Waals surface area contributed by atoms with Gasteiger partial charge in [-0.15, -0.1) is 0 Å². The Morgan fingerprint density at radius 3 is 2.86 bits per heavy atom. The summed E-state index contributed by atoms with van der Waals surface area (Å²) in [5, 5.41) is 15.5. The van der Waals surface area contributed by atoms with Gasteiger partial charge in [-0.1, -0.05) is 55.8 Å². The Morgan fingerprint density at radius 1 is 1.21 bits per heavy atom. The van der Waals surface area contributed by atoms with Crippen LogP contribution < -0.4 is 10.1 Å². The monoisotopic (exact) mass is 382 g/mol. The van der Waals surface area contributed by atoms with E-state index < -0.39 is 6.10 Å². The third-order valence-corrected chi connectivity index (χ3v) is 4.98. The molecule has 0 saturated carbocycles. The largest absolute Gasteiger partial charge is 0.490 e. The molecule has 2 aromatic carbocycles. The summed E-state index contributed by atoms with van der Waals surface area (Å²) < 4.78 is 5.97. The molecule has 1 heterocycles. The predicted molar refractivity (Wildman–Crippen MR) is 113 cm³/mol. The van der Waals surface area contributed by atoms with Gasteiger partial charge >= 0.3 is 0 Å². The van der Waals surface area contributed by atoms with Crippen molar-refractivity contribution in [2.45, 2.75) is 32.3 Å². The van der Waals surface area contributed by atoms with E-state index in [9.17, 15) is 9.90 Å². The summed E-state index contributed by atoms with van der Waals surface area (Å²) in [4.78, 5) is 13.5. The van der Waals surface area contributed by atoms with E-state index in [0.29, 0.717) is 26.1 Å². The Labute approximate surface area is 167 Å². The number of benzene rings is 2. The number of allylic oxidation sites excluding steroid dienone is 1. The van der Waals surface area contributed by atoms with Crippen LogP contribution in [0.3, 0.4) is 0 Å². The molecule has 2 aromatic rings. The van der Waals surface area contributed by atoms with Crippen LogP contribution in [-0.4, -0.2) is 54.8 Å². The average Bonchev–Trinajstić information content (AvgIpc) is 2.91. The van der Waals surface area contributed by atoms with Crippen LogP contribution in [0.5, 0.6) is 5.75 Å². The lowest BCUT2D eigenvalue weighted by molar-refractivity contribution is -0.120. The van der Waals surface area contributed by atoms with E-state index in [1.54, 1.807) is 0 Å². The quantitative estimate of drug-likeness (QED) is 0.736. The number of aliphatic hydroxyl groups excluding tert-OH is 1. The van der Waals surface area contributed by atoms with Crippen LogP contribution in [0.25, 0.3) is 16.8 Å². The maximum Gasteiger partial charge on any atom is 0.221 e. The minimum Gasteiger partial charge on any atom is -0.490 e. The second-order valence-corrected chi connectivity index (χ2v) is 7.25. The van der Waals surface area contributed by atoms with Crippen LogP contribution in [0.4, 0.5) is 0 Å². The second kappa shape index (κ2) is 10.2. The molecule has 5 heteroatoms. The van der Waals surface area contributed by atoms with Crippen LogP contribution in [-0.2, 0) is 4.79 Å². The van der Waals surface area contributed by atoms with Gasteiger partial charge in [0.2, 0.25) is 5.91 Å². The number of hydrogen-bond acceptors (Lipinski definition) is 4. The van der Waals surface area contributed by atoms with E-state index in [1.165, 1.54) is 5.56 Å². The first-order chi connectivity index (χ1) is 13.7. The Morgan fingerprint density at radius 2 is 2.04 bits per heavy atom. The molecule has 150 valence electrons. The molecule has 0 aliphatic carbocycles.